The van der Waals surface area contributed by atoms with Crippen LogP contribution in [0.1, 0.15) is 31.9 Å². The maximum absolute atomic E-state index is 13.2. The van der Waals surface area contributed by atoms with Gasteiger partial charge >= 0.3 is 0 Å². The zero-order chi connectivity index (χ0) is 12.1. The molecule has 0 amide bonds. The summed E-state index contributed by atoms with van der Waals surface area (Å²) in [5.41, 5.74) is 3.49. The quantitative estimate of drug-likeness (QED) is 0.598. The van der Waals surface area contributed by atoms with Crippen LogP contribution in [0.25, 0.3) is 0 Å². The first kappa shape index (κ1) is 12.9. The summed E-state index contributed by atoms with van der Waals surface area (Å²) in [6.45, 7) is 4.13. The van der Waals surface area contributed by atoms with E-state index in [9.17, 15) is 4.39 Å². The summed E-state index contributed by atoms with van der Waals surface area (Å²) in [6, 6.07) is 4.37. The minimum atomic E-state index is -0.278. The van der Waals surface area contributed by atoms with Crippen LogP contribution in [0.4, 0.5) is 4.39 Å². The Labute approximate surface area is 95.8 Å². The molecule has 0 aliphatic carbocycles. The van der Waals surface area contributed by atoms with E-state index < -0.39 is 0 Å². The Morgan fingerprint density at radius 1 is 1.50 bits per heavy atom. The van der Waals surface area contributed by atoms with Crippen LogP contribution in [0.3, 0.4) is 0 Å². The summed E-state index contributed by atoms with van der Waals surface area (Å²) in [4.78, 5) is 0. The molecule has 1 aromatic carbocycles. The Bertz CT molecular complexity index is 344. The number of hydrogen-bond acceptors (Lipinski definition) is 3. The van der Waals surface area contributed by atoms with Gasteiger partial charge in [-0.2, -0.15) is 0 Å². The van der Waals surface area contributed by atoms with E-state index in [1.807, 2.05) is 0 Å². The third kappa shape index (κ3) is 2.71. The lowest BCUT2D eigenvalue weighted by Crippen LogP contribution is -2.32. The number of methoxy groups -OCH3 is 1. The van der Waals surface area contributed by atoms with Crippen LogP contribution >= 0.6 is 0 Å². The second-order valence-corrected chi connectivity index (χ2v) is 3.92. The second kappa shape index (κ2) is 5.82. The van der Waals surface area contributed by atoms with E-state index in [0.29, 0.717) is 11.7 Å². The Hall–Kier alpha value is -1.13. The average molecular weight is 226 g/mol. The van der Waals surface area contributed by atoms with Gasteiger partial charge in [-0.05, 0) is 24.1 Å². The summed E-state index contributed by atoms with van der Waals surface area (Å²) in [6.07, 6.45) is 0.953. The van der Waals surface area contributed by atoms with Gasteiger partial charge in [-0.25, -0.2) is 4.39 Å². The van der Waals surface area contributed by atoms with E-state index in [4.69, 9.17) is 10.6 Å². The van der Waals surface area contributed by atoms with Crippen LogP contribution in [-0.4, -0.2) is 7.11 Å². The Balaban J connectivity index is 3.11. The van der Waals surface area contributed by atoms with Crippen LogP contribution in [0.5, 0.6) is 5.75 Å². The van der Waals surface area contributed by atoms with Crippen molar-refractivity contribution in [2.24, 2.45) is 11.8 Å². The summed E-state index contributed by atoms with van der Waals surface area (Å²) in [5.74, 6) is 6.21. The van der Waals surface area contributed by atoms with E-state index in [1.54, 1.807) is 13.2 Å². The van der Waals surface area contributed by atoms with Gasteiger partial charge in [-0.3, -0.25) is 11.3 Å². The summed E-state index contributed by atoms with van der Waals surface area (Å²) < 4.78 is 18.4. The normalized spacial score (nSPS) is 14.6. The molecule has 0 saturated heterocycles. The highest BCUT2D eigenvalue weighted by Gasteiger charge is 2.20. The van der Waals surface area contributed by atoms with Crippen molar-refractivity contribution in [1.82, 2.24) is 5.43 Å². The highest BCUT2D eigenvalue weighted by molar-refractivity contribution is 5.36. The predicted octanol–water partition coefficient (Wildman–Crippen LogP) is 2.38. The molecule has 16 heavy (non-hydrogen) atoms. The number of rotatable bonds is 5. The number of nitrogens with two attached hydrogens (primary N) is 1. The van der Waals surface area contributed by atoms with Gasteiger partial charge in [-0.1, -0.05) is 20.3 Å². The third-order valence-corrected chi connectivity index (χ3v) is 2.92. The van der Waals surface area contributed by atoms with Gasteiger partial charge in [0.2, 0.25) is 0 Å². The standard InChI is InChI=1S/C12H19FN2O/c1-4-8(2)12(15-14)10-7-9(13)5-6-11(10)16-3/h5-8,12,15H,4,14H2,1-3H3. The van der Waals surface area contributed by atoms with Crippen molar-refractivity contribution < 1.29 is 9.13 Å². The van der Waals surface area contributed by atoms with Crippen molar-refractivity contribution >= 4 is 0 Å². The van der Waals surface area contributed by atoms with Crippen molar-refractivity contribution in [2.45, 2.75) is 26.3 Å². The number of benzene rings is 1. The SMILES string of the molecule is CCC(C)C(NN)c1cc(F)ccc1OC. The van der Waals surface area contributed by atoms with Crippen LogP contribution in [0, 0.1) is 11.7 Å². The first-order chi connectivity index (χ1) is 7.63. The molecule has 0 saturated carbocycles. The molecule has 3 N–H and O–H groups in total. The molecular formula is C12H19FN2O. The van der Waals surface area contributed by atoms with E-state index in [2.05, 4.69) is 19.3 Å². The fourth-order valence-corrected chi connectivity index (χ4v) is 1.74. The molecule has 0 bridgehead atoms. The highest BCUT2D eigenvalue weighted by Crippen LogP contribution is 2.31. The molecule has 0 aliphatic rings. The first-order valence-corrected chi connectivity index (χ1v) is 5.43. The lowest BCUT2D eigenvalue weighted by molar-refractivity contribution is 0.353. The number of hydrazine groups is 1. The zero-order valence-corrected chi connectivity index (χ0v) is 9.96. The predicted molar refractivity (Wildman–Crippen MR) is 62.5 cm³/mol. The number of halogens is 1. The van der Waals surface area contributed by atoms with Crippen molar-refractivity contribution in [3.05, 3.63) is 29.6 Å². The molecular weight excluding hydrogens is 207 g/mol. The van der Waals surface area contributed by atoms with Crippen molar-refractivity contribution in [2.75, 3.05) is 7.11 Å². The fourth-order valence-electron chi connectivity index (χ4n) is 1.74. The molecule has 0 radical (unpaired) electrons. The number of hydrogen-bond donors (Lipinski definition) is 2. The molecule has 0 heterocycles. The molecule has 0 spiro atoms. The molecule has 0 aromatic heterocycles. The van der Waals surface area contributed by atoms with E-state index in [-0.39, 0.29) is 11.9 Å². The number of ether oxygens (including phenoxy) is 1. The van der Waals surface area contributed by atoms with Crippen LogP contribution in [0.15, 0.2) is 18.2 Å². The topological polar surface area (TPSA) is 47.3 Å². The third-order valence-electron chi connectivity index (χ3n) is 2.92. The van der Waals surface area contributed by atoms with Gasteiger partial charge in [0, 0.05) is 5.56 Å². The molecule has 3 nitrogen and oxygen atoms in total. The average Bonchev–Trinajstić information content (AvgIpc) is 2.30. The van der Waals surface area contributed by atoms with Crippen LogP contribution in [0.2, 0.25) is 0 Å². The van der Waals surface area contributed by atoms with E-state index >= 15 is 0 Å². The first-order valence-electron chi connectivity index (χ1n) is 5.43. The molecule has 0 fully saturated rings. The Kier molecular flexibility index (Phi) is 4.71. The second-order valence-electron chi connectivity index (χ2n) is 3.92. The Morgan fingerprint density at radius 2 is 2.19 bits per heavy atom. The molecule has 2 unspecified atom stereocenters. The lowest BCUT2D eigenvalue weighted by atomic mass is 9.92. The summed E-state index contributed by atoms with van der Waals surface area (Å²) in [7, 11) is 1.57. The summed E-state index contributed by atoms with van der Waals surface area (Å²) in [5, 5.41) is 0. The van der Waals surface area contributed by atoms with Crippen molar-refractivity contribution in [1.29, 1.82) is 0 Å². The number of nitrogens with one attached hydrogen (secondary N) is 1. The maximum atomic E-state index is 13.2. The monoisotopic (exact) mass is 226 g/mol. The Morgan fingerprint density at radius 3 is 2.69 bits per heavy atom. The van der Waals surface area contributed by atoms with Gasteiger partial charge in [-0.15, -0.1) is 0 Å². The molecule has 90 valence electrons. The molecule has 1 aromatic rings. The van der Waals surface area contributed by atoms with Crippen LogP contribution < -0.4 is 16.0 Å². The fraction of sp³-hybridized carbons (Fsp3) is 0.500. The molecule has 2 atom stereocenters. The minimum absolute atomic E-state index is 0.101. The van der Waals surface area contributed by atoms with E-state index in [1.165, 1.54) is 12.1 Å². The largest absolute Gasteiger partial charge is 0.496 e. The van der Waals surface area contributed by atoms with Gasteiger partial charge in [0.15, 0.2) is 0 Å². The lowest BCUT2D eigenvalue weighted by Gasteiger charge is -2.24. The maximum Gasteiger partial charge on any atom is 0.123 e. The molecule has 1 rings (SSSR count). The summed E-state index contributed by atoms with van der Waals surface area (Å²) >= 11 is 0. The highest BCUT2D eigenvalue weighted by atomic mass is 19.1. The van der Waals surface area contributed by atoms with Crippen LogP contribution in [-0.2, 0) is 0 Å². The van der Waals surface area contributed by atoms with Crippen molar-refractivity contribution in [3.63, 3.8) is 0 Å². The van der Waals surface area contributed by atoms with Gasteiger partial charge < -0.3 is 4.74 Å². The van der Waals surface area contributed by atoms with Gasteiger partial charge in [0.05, 0.1) is 13.2 Å². The van der Waals surface area contributed by atoms with Gasteiger partial charge in [0.25, 0.3) is 0 Å². The van der Waals surface area contributed by atoms with Crippen molar-refractivity contribution in [3.8, 4) is 5.75 Å². The minimum Gasteiger partial charge on any atom is -0.496 e. The zero-order valence-electron chi connectivity index (χ0n) is 9.96. The molecule has 0 aliphatic heterocycles. The smallest absolute Gasteiger partial charge is 0.123 e. The molecule has 4 heteroatoms. The van der Waals surface area contributed by atoms with E-state index in [0.717, 1.165) is 12.0 Å². The van der Waals surface area contributed by atoms with Gasteiger partial charge in [0.1, 0.15) is 11.6 Å².